The summed E-state index contributed by atoms with van der Waals surface area (Å²) in [6.45, 7) is 1.82. The minimum Gasteiger partial charge on any atom is -0.363 e. The number of imidazole rings is 2. The standard InChI is InChI=1S/C15H24N6S/c22-15(18-7-3-1-5-13-9-16-11-20-13)19-8-4-2-6-14-10-17-12-21-14/h9-12H,1-8H2,(H,16,20)(H,17,21)(H2,18,19,22). The summed E-state index contributed by atoms with van der Waals surface area (Å²) in [5.41, 5.74) is 2.39. The van der Waals surface area contributed by atoms with Gasteiger partial charge in [-0.05, 0) is 50.7 Å². The second-order valence-corrected chi connectivity index (χ2v) is 5.66. The smallest absolute Gasteiger partial charge is 0.166 e. The number of rotatable bonds is 10. The molecule has 0 unspecified atom stereocenters. The fourth-order valence-corrected chi connectivity index (χ4v) is 2.39. The first-order valence-corrected chi connectivity index (χ1v) is 8.21. The number of hydrogen-bond donors (Lipinski definition) is 4. The zero-order valence-electron chi connectivity index (χ0n) is 12.8. The predicted molar refractivity (Wildman–Crippen MR) is 91.7 cm³/mol. The Morgan fingerprint density at radius 2 is 1.36 bits per heavy atom. The lowest BCUT2D eigenvalue weighted by Gasteiger charge is -2.10. The van der Waals surface area contributed by atoms with Crippen LogP contribution in [0.2, 0.25) is 0 Å². The molecule has 0 bridgehead atoms. The van der Waals surface area contributed by atoms with E-state index in [0.717, 1.165) is 56.7 Å². The number of hydrogen-bond acceptors (Lipinski definition) is 3. The largest absolute Gasteiger partial charge is 0.363 e. The van der Waals surface area contributed by atoms with E-state index in [0.29, 0.717) is 0 Å². The van der Waals surface area contributed by atoms with Gasteiger partial charge in [0.1, 0.15) is 0 Å². The molecule has 0 amide bonds. The summed E-state index contributed by atoms with van der Waals surface area (Å²) < 4.78 is 0. The zero-order valence-corrected chi connectivity index (χ0v) is 13.6. The first-order valence-electron chi connectivity index (χ1n) is 7.81. The highest BCUT2D eigenvalue weighted by atomic mass is 32.1. The van der Waals surface area contributed by atoms with Crippen molar-refractivity contribution >= 4 is 17.3 Å². The molecule has 0 saturated carbocycles. The first kappa shape index (κ1) is 16.5. The van der Waals surface area contributed by atoms with Gasteiger partial charge in [-0.2, -0.15) is 0 Å². The van der Waals surface area contributed by atoms with Gasteiger partial charge in [-0.3, -0.25) is 0 Å². The lowest BCUT2D eigenvalue weighted by atomic mass is 10.2. The quantitative estimate of drug-likeness (QED) is 0.397. The fraction of sp³-hybridized carbons (Fsp3) is 0.533. The van der Waals surface area contributed by atoms with Crippen LogP contribution in [0.25, 0.3) is 0 Å². The summed E-state index contributed by atoms with van der Waals surface area (Å²) in [5.74, 6) is 0. The molecule has 0 atom stereocenters. The van der Waals surface area contributed by atoms with Crippen LogP contribution >= 0.6 is 12.2 Å². The molecule has 2 aromatic rings. The van der Waals surface area contributed by atoms with Crippen LogP contribution in [0.4, 0.5) is 0 Å². The van der Waals surface area contributed by atoms with Crippen LogP contribution in [0.5, 0.6) is 0 Å². The van der Waals surface area contributed by atoms with E-state index in [1.165, 1.54) is 11.4 Å². The Morgan fingerprint density at radius 3 is 1.77 bits per heavy atom. The summed E-state index contributed by atoms with van der Waals surface area (Å²) in [5, 5.41) is 7.24. The van der Waals surface area contributed by atoms with Crippen molar-refractivity contribution in [3.05, 3.63) is 36.4 Å². The van der Waals surface area contributed by atoms with Crippen LogP contribution in [0.3, 0.4) is 0 Å². The summed E-state index contributed by atoms with van der Waals surface area (Å²) in [4.78, 5) is 14.2. The average molecular weight is 320 g/mol. The van der Waals surface area contributed by atoms with E-state index in [1.807, 2.05) is 12.4 Å². The van der Waals surface area contributed by atoms with E-state index in [4.69, 9.17) is 12.2 Å². The third-order valence-corrected chi connectivity index (χ3v) is 3.72. The second kappa shape index (κ2) is 9.94. The van der Waals surface area contributed by atoms with Gasteiger partial charge in [0.2, 0.25) is 0 Å². The molecule has 120 valence electrons. The predicted octanol–water partition coefficient (Wildman–Crippen LogP) is 1.94. The molecule has 7 heteroatoms. The Balaban J connectivity index is 1.39. The van der Waals surface area contributed by atoms with E-state index >= 15 is 0 Å². The molecule has 6 nitrogen and oxygen atoms in total. The number of aryl methyl sites for hydroxylation is 2. The number of nitrogens with one attached hydrogen (secondary N) is 4. The normalized spacial score (nSPS) is 10.5. The number of unbranched alkanes of at least 4 members (excludes halogenated alkanes) is 2. The Hall–Kier alpha value is -1.89. The zero-order chi connectivity index (χ0) is 15.5. The van der Waals surface area contributed by atoms with Crippen molar-refractivity contribution in [2.45, 2.75) is 38.5 Å². The Labute approximate surface area is 136 Å². The maximum Gasteiger partial charge on any atom is 0.166 e. The van der Waals surface area contributed by atoms with E-state index in [2.05, 4.69) is 30.6 Å². The average Bonchev–Trinajstić information content (AvgIpc) is 3.19. The molecule has 0 aromatic carbocycles. The molecule has 22 heavy (non-hydrogen) atoms. The van der Waals surface area contributed by atoms with Crippen molar-refractivity contribution in [3.8, 4) is 0 Å². The van der Waals surface area contributed by atoms with Crippen LogP contribution < -0.4 is 10.6 Å². The SMILES string of the molecule is S=C(NCCCCc1cnc[nH]1)NCCCCc1cnc[nH]1. The second-order valence-electron chi connectivity index (χ2n) is 5.25. The molecule has 2 rings (SSSR count). The van der Waals surface area contributed by atoms with Crippen LogP contribution in [0, 0.1) is 0 Å². The highest BCUT2D eigenvalue weighted by Crippen LogP contribution is 2.00. The molecule has 0 aliphatic rings. The van der Waals surface area contributed by atoms with Crippen molar-refractivity contribution < 1.29 is 0 Å². The number of nitrogens with zero attached hydrogens (tertiary/aromatic N) is 2. The van der Waals surface area contributed by atoms with Crippen LogP contribution in [-0.4, -0.2) is 38.1 Å². The molecule has 0 fully saturated rings. The maximum atomic E-state index is 5.26. The molecule has 2 heterocycles. The third kappa shape index (κ3) is 6.71. The Bertz CT molecular complexity index is 462. The number of aromatic amines is 2. The van der Waals surface area contributed by atoms with Crippen molar-refractivity contribution in [2.24, 2.45) is 0 Å². The molecule has 2 aromatic heterocycles. The first-order chi connectivity index (χ1) is 10.8. The van der Waals surface area contributed by atoms with E-state index in [-0.39, 0.29) is 0 Å². The number of H-pyrrole nitrogens is 2. The summed E-state index contributed by atoms with van der Waals surface area (Å²) in [6.07, 6.45) is 13.7. The van der Waals surface area contributed by atoms with Gasteiger partial charge in [0.05, 0.1) is 12.7 Å². The fourth-order valence-electron chi connectivity index (χ4n) is 2.19. The van der Waals surface area contributed by atoms with Crippen LogP contribution in [-0.2, 0) is 12.8 Å². The molecule has 4 N–H and O–H groups in total. The minimum absolute atomic E-state index is 0.753. The summed E-state index contributed by atoms with van der Waals surface area (Å²) in [6, 6.07) is 0. The monoisotopic (exact) mass is 320 g/mol. The highest BCUT2D eigenvalue weighted by molar-refractivity contribution is 7.80. The third-order valence-electron chi connectivity index (χ3n) is 3.43. The molecular weight excluding hydrogens is 296 g/mol. The molecule has 0 saturated heterocycles. The van der Waals surface area contributed by atoms with Crippen LogP contribution in [0.1, 0.15) is 37.1 Å². The number of thiocarbonyl (C=S) groups is 1. The van der Waals surface area contributed by atoms with Crippen molar-refractivity contribution in [1.82, 2.24) is 30.6 Å². The van der Waals surface area contributed by atoms with Crippen molar-refractivity contribution in [3.63, 3.8) is 0 Å². The van der Waals surface area contributed by atoms with E-state index in [9.17, 15) is 0 Å². The van der Waals surface area contributed by atoms with Crippen molar-refractivity contribution in [1.29, 1.82) is 0 Å². The van der Waals surface area contributed by atoms with Gasteiger partial charge in [-0.25, -0.2) is 9.97 Å². The lowest BCUT2D eigenvalue weighted by Crippen LogP contribution is -2.36. The maximum absolute atomic E-state index is 5.26. The van der Waals surface area contributed by atoms with E-state index < -0.39 is 0 Å². The molecule has 0 aliphatic heterocycles. The number of aromatic nitrogens is 4. The molecule has 0 radical (unpaired) electrons. The Morgan fingerprint density at radius 1 is 0.864 bits per heavy atom. The van der Waals surface area contributed by atoms with E-state index in [1.54, 1.807) is 12.7 Å². The molecule has 0 aliphatic carbocycles. The van der Waals surface area contributed by atoms with Crippen molar-refractivity contribution in [2.75, 3.05) is 13.1 Å². The molecular formula is C15H24N6S. The van der Waals surface area contributed by atoms with Crippen LogP contribution in [0.15, 0.2) is 25.0 Å². The topological polar surface area (TPSA) is 81.4 Å². The van der Waals surface area contributed by atoms with Gasteiger partial charge in [-0.1, -0.05) is 0 Å². The van der Waals surface area contributed by atoms with Gasteiger partial charge in [-0.15, -0.1) is 0 Å². The summed E-state index contributed by atoms with van der Waals surface area (Å²) >= 11 is 5.26. The van der Waals surface area contributed by atoms with Gasteiger partial charge < -0.3 is 20.6 Å². The highest BCUT2D eigenvalue weighted by Gasteiger charge is 1.98. The molecule has 0 spiro atoms. The Kier molecular flexibility index (Phi) is 7.45. The van der Waals surface area contributed by atoms with Gasteiger partial charge >= 0.3 is 0 Å². The minimum atomic E-state index is 0.753. The summed E-state index contributed by atoms with van der Waals surface area (Å²) in [7, 11) is 0. The van der Waals surface area contributed by atoms with Gasteiger partial charge in [0.15, 0.2) is 5.11 Å². The van der Waals surface area contributed by atoms with Gasteiger partial charge in [0, 0.05) is 36.9 Å². The van der Waals surface area contributed by atoms with Gasteiger partial charge in [0.25, 0.3) is 0 Å². The lowest BCUT2D eigenvalue weighted by molar-refractivity contribution is 0.674.